The molecule has 0 fully saturated rings. The normalized spacial score (nSPS) is 12.6. The summed E-state index contributed by atoms with van der Waals surface area (Å²) in [5.41, 5.74) is 1.90. The summed E-state index contributed by atoms with van der Waals surface area (Å²) in [6.45, 7) is 1.73. The molecule has 4 aromatic rings. The van der Waals surface area contributed by atoms with Crippen molar-refractivity contribution in [3.8, 4) is 0 Å². The molecule has 2 aromatic carbocycles. The number of nitrogens with zero attached hydrogens (tertiary/aromatic N) is 1. The predicted molar refractivity (Wildman–Crippen MR) is 97.1 cm³/mol. The number of benzene rings is 2. The number of imidazole rings is 1. The Kier molecular flexibility index (Phi) is 4.35. The number of para-hydroxylation sites is 2. The van der Waals surface area contributed by atoms with E-state index in [-0.39, 0.29) is 23.3 Å². The van der Waals surface area contributed by atoms with Crippen molar-refractivity contribution in [3.63, 3.8) is 0 Å². The Bertz CT molecular complexity index is 1100. The molecule has 7 heteroatoms. The number of carbonyl (C=O) groups excluding carboxylic acids is 1. The van der Waals surface area contributed by atoms with Gasteiger partial charge in [-0.2, -0.15) is 0 Å². The van der Waals surface area contributed by atoms with Crippen molar-refractivity contribution in [3.05, 3.63) is 65.7 Å². The molecule has 0 bridgehead atoms. The lowest BCUT2D eigenvalue weighted by atomic mass is 10.2. The van der Waals surface area contributed by atoms with Gasteiger partial charge in [0.15, 0.2) is 0 Å². The Hall–Kier alpha value is -3.22. The maximum atomic E-state index is 13.8. The van der Waals surface area contributed by atoms with Crippen LogP contribution in [-0.2, 0) is 11.2 Å². The van der Waals surface area contributed by atoms with Crippen molar-refractivity contribution < 1.29 is 18.0 Å². The maximum absolute atomic E-state index is 13.8. The highest BCUT2D eigenvalue weighted by Gasteiger charge is 2.17. The topological polar surface area (TPSA) is 70.9 Å². The average molecular weight is 369 g/mol. The molecule has 4 rings (SSSR count). The minimum absolute atomic E-state index is 0.117. The van der Waals surface area contributed by atoms with Gasteiger partial charge in [0, 0.05) is 25.0 Å². The summed E-state index contributed by atoms with van der Waals surface area (Å²) >= 11 is 0. The second-order valence-corrected chi connectivity index (χ2v) is 6.44. The Morgan fingerprint density at radius 1 is 1.26 bits per heavy atom. The number of hydrogen-bond acceptors (Lipinski definition) is 3. The standard InChI is InChI=1S/C20H17F2N3O2/c1-11(17-10-13-14(22)8-12(21)9-18(13)27-17)23-20(26)7-6-19-24-15-4-2-3-5-16(15)25-19/h2-5,8-11H,6-7H2,1H3,(H,23,26)(H,24,25). The van der Waals surface area contributed by atoms with E-state index in [1.165, 1.54) is 6.07 Å². The average Bonchev–Trinajstić information content (AvgIpc) is 3.23. The van der Waals surface area contributed by atoms with Gasteiger partial charge in [-0.3, -0.25) is 4.79 Å². The van der Waals surface area contributed by atoms with Gasteiger partial charge in [0.2, 0.25) is 5.91 Å². The van der Waals surface area contributed by atoms with Crippen molar-refractivity contribution >= 4 is 27.9 Å². The van der Waals surface area contributed by atoms with Crippen LogP contribution in [0.15, 0.2) is 46.9 Å². The van der Waals surface area contributed by atoms with Crippen LogP contribution in [0.25, 0.3) is 22.0 Å². The molecular weight excluding hydrogens is 352 g/mol. The number of aromatic amines is 1. The number of rotatable bonds is 5. The number of furan rings is 1. The van der Waals surface area contributed by atoms with Crippen LogP contribution >= 0.6 is 0 Å². The number of hydrogen-bond donors (Lipinski definition) is 2. The highest BCUT2D eigenvalue weighted by molar-refractivity contribution is 5.80. The summed E-state index contributed by atoms with van der Waals surface area (Å²) in [6, 6.07) is 10.6. The molecule has 5 nitrogen and oxygen atoms in total. The number of halogens is 2. The lowest BCUT2D eigenvalue weighted by Crippen LogP contribution is -2.26. The number of nitrogens with one attached hydrogen (secondary N) is 2. The first-order chi connectivity index (χ1) is 13.0. The SMILES string of the molecule is CC(NC(=O)CCc1nc2ccccc2[nH]1)c1cc2c(F)cc(F)cc2o1. The fourth-order valence-corrected chi connectivity index (χ4v) is 3.04. The first kappa shape index (κ1) is 17.2. The van der Waals surface area contributed by atoms with Crippen LogP contribution in [0.1, 0.15) is 31.0 Å². The summed E-state index contributed by atoms with van der Waals surface area (Å²) in [7, 11) is 0. The summed E-state index contributed by atoms with van der Waals surface area (Å²) in [5, 5.41) is 2.99. The Morgan fingerprint density at radius 2 is 2.07 bits per heavy atom. The van der Waals surface area contributed by atoms with Crippen molar-refractivity contribution in [1.29, 1.82) is 0 Å². The van der Waals surface area contributed by atoms with E-state index in [4.69, 9.17) is 4.42 Å². The number of carbonyl (C=O) groups is 1. The third kappa shape index (κ3) is 3.53. The molecule has 0 saturated heterocycles. The first-order valence-corrected chi connectivity index (χ1v) is 8.61. The maximum Gasteiger partial charge on any atom is 0.221 e. The van der Waals surface area contributed by atoms with Crippen LogP contribution in [-0.4, -0.2) is 15.9 Å². The van der Waals surface area contributed by atoms with E-state index >= 15 is 0 Å². The largest absolute Gasteiger partial charge is 0.459 e. The molecule has 0 aliphatic rings. The summed E-state index contributed by atoms with van der Waals surface area (Å²) < 4.78 is 32.5. The molecule has 2 N–H and O–H groups in total. The quantitative estimate of drug-likeness (QED) is 0.548. The third-order valence-corrected chi connectivity index (χ3v) is 4.40. The number of fused-ring (bicyclic) bond motifs is 2. The number of H-pyrrole nitrogens is 1. The van der Waals surface area contributed by atoms with Gasteiger partial charge >= 0.3 is 0 Å². The molecule has 0 aliphatic heterocycles. The van der Waals surface area contributed by atoms with Crippen molar-refractivity contribution in [2.24, 2.45) is 0 Å². The van der Waals surface area contributed by atoms with Gasteiger partial charge in [0.25, 0.3) is 0 Å². The van der Waals surface area contributed by atoms with E-state index in [1.807, 2.05) is 24.3 Å². The minimum Gasteiger partial charge on any atom is -0.459 e. The van der Waals surface area contributed by atoms with Gasteiger partial charge in [0.05, 0.1) is 22.5 Å². The van der Waals surface area contributed by atoms with Crippen LogP contribution < -0.4 is 5.32 Å². The van der Waals surface area contributed by atoms with Crippen molar-refractivity contribution in [2.45, 2.75) is 25.8 Å². The molecule has 27 heavy (non-hydrogen) atoms. The molecule has 0 aliphatic carbocycles. The van der Waals surface area contributed by atoms with Gasteiger partial charge in [-0.15, -0.1) is 0 Å². The Balaban J connectivity index is 1.40. The van der Waals surface area contributed by atoms with Gasteiger partial charge in [-0.05, 0) is 25.1 Å². The fourth-order valence-electron chi connectivity index (χ4n) is 3.04. The highest BCUT2D eigenvalue weighted by Crippen LogP contribution is 2.27. The zero-order valence-electron chi connectivity index (χ0n) is 14.6. The molecule has 138 valence electrons. The molecule has 1 atom stereocenters. The smallest absolute Gasteiger partial charge is 0.221 e. The monoisotopic (exact) mass is 369 g/mol. The summed E-state index contributed by atoms with van der Waals surface area (Å²) in [5.74, 6) is -0.478. The van der Waals surface area contributed by atoms with Gasteiger partial charge in [-0.25, -0.2) is 13.8 Å². The second kappa shape index (κ2) is 6.83. The highest BCUT2D eigenvalue weighted by atomic mass is 19.1. The molecule has 2 aromatic heterocycles. The summed E-state index contributed by atoms with van der Waals surface area (Å²) in [4.78, 5) is 19.8. The molecule has 2 heterocycles. The second-order valence-electron chi connectivity index (χ2n) is 6.44. The summed E-state index contributed by atoms with van der Waals surface area (Å²) in [6.07, 6.45) is 0.709. The van der Waals surface area contributed by atoms with Crippen LogP contribution in [0.2, 0.25) is 0 Å². The van der Waals surface area contributed by atoms with Crippen molar-refractivity contribution in [1.82, 2.24) is 15.3 Å². The van der Waals surface area contributed by atoms with Gasteiger partial charge in [0.1, 0.15) is 28.8 Å². The van der Waals surface area contributed by atoms with E-state index < -0.39 is 17.7 Å². The Morgan fingerprint density at radius 3 is 2.89 bits per heavy atom. The third-order valence-electron chi connectivity index (χ3n) is 4.40. The van der Waals surface area contributed by atoms with E-state index in [1.54, 1.807) is 6.92 Å². The zero-order valence-corrected chi connectivity index (χ0v) is 14.6. The minimum atomic E-state index is -0.705. The molecular formula is C20H17F2N3O2. The number of aryl methyl sites for hydroxylation is 1. The molecule has 0 spiro atoms. The lowest BCUT2D eigenvalue weighted by Gasteiger charge is -2.10. The van der Waals surface area contributed by atoms with Crippen LogP contribution in [0, 0.1) is 11.6 Å². The van der Waals surface area contributed by atoms with Crippen LogP contribution in [0.3, 0.4) is 0 Å². The Labute approximate surface area is 153 Å². The van der Waals surface area contributed by atoms with E-state index in [2.05, 4.69) is 15.3 Å². The predicted octanol–water partition coefficient (Wildman–Crippen LogP) is 4.40. The first-order valence-electron chi connectivity index (χ1n) is 8.61. The van der Waals surface area contributed by atoms with Crippen molar-refractivity contribution in [2.75, 3.05) is 0 Å². The lowest BCUT2D eigenvalue weighted by molar-refractivity contribution is -0.121. The van der Waals surface area contributed by atoms with E-state index in [0.717, 1.165) is 29.0 Å². The van der Waals surface area contributed by atoms with E-state index in [9.17, 15) is 13.6 Å². The van der Waals surface area contributed by atoms with Gasteiger partial charge in [-0.1, -0.05) is 12.1 Å². The molecule has 1 unspecified atom stereocenters. The number of amides is 1. The molecule has 0 radical (unpaired) electrons. The molecule has 1 amide bonds. The fraction of sp³-hybridized carbons (Fsp3) is 0.200. The van der Waals surface area contributed by atoms with E-state index in [0.29, 0.717) is 12.2 Å². The van der Waals surface area contributed by atoms with Crippen LogP contribution in [0.4, 0.5) is 8.78 Å². The zero-order chi connectivity index (χ0) is 19.0. The van der Waals surface area contributed by atoms with Gasteiger partial charge < -0.3 is 14.7 Å². The van der Waals surface area contributed by atoms with Crippen LogP contribution in [0.5, 0.6) is 0 Å². The number of aromatic nitrogens is 2. The molecule has 0 saturated carbocycles.